The van der Waals surface area contributed by atoms with Crippen LogP contribution in [-0.4, -0.2) is 30.8 Å². The van der Waals surface area contributed by atoms with Crippen molar-refractivity contribution in [2.45, 2.75) is 4.90 Å². The molecule has 2 rings (SSSR count). The second kappa shape index (κ2) is 8.21. The van der Waals surface area contributed by atoms with Crippen molar-refractivity contribution in [3.8, 4) is 11.5 Å². The third-order valence-electron chi connectivity index (χ3n) is 3.10. The Balaban J connectivity index is 1.97. The molecule has 0 unspecified atom stereocenters. The number of hydrogen-bond acceptors (Lipinski definition) is 6. The number of anilines is 1. The largest absolute Gasteiger partial charge is 0.494 e. The van der Waals surface area contributed by atoms with Gasteiger partial charge in [0.15, 0.2) is 6.61 Å². The summed E-state index contributed by atoms with van der Waals surface area (Å²) in [6.45, 7) is -0.182. The summed E-state index contributed by atoms with van der Waals surface area (Å²) >= 11 is 1.61. The van der Waals surface area contributed by atoms with E-state index < -0.39 is 10.8 Å². The number of nitrogens with one attached hydrogen (secondary N) is 1. The van der Waals surface area contributed by atoms with Gasteiger partial charge in [-0.15, -0.1) is 11.8 Å². The highest BCUT2D eigenvalue weighted by Gasteiger charge is 2.13. The molecule has 24 heavy (non-hydrogen) atoms. The van der Waals surface area contributed by atoms with Crippen LogP contribution >= 0.6 is 11.8 Å². The lowest BCUT2D eigenvalue weighted by Crippen LogP contribution is -2.20. The molecular formula is C16H16N2O5S. The molecule has 0 saturated carbocycles. The molecule has 0 aliphatic carbocycles. The highest BCUT2D eigenvalue weighted by molar-refractivity contribution is 7.98. The topological polar surface area (TPSA) is 90.7 Å². The number of non-ortho nitro benzene ring substituents is 1. The first-order chi connectivity index (χ1) is 11.5. The SMILES string of the molecule is COc1cc([N+](=O)[O-])ccc1NC(=O)COc1ccc(SC)cc1. The number of nitro benzene ring substituents is 1. The first-order valence-electron chi connectivity index (χ1n) is 6.92. The quantitative estimate of drug-likeness (QED) is 0.469. The zero-order chi connectivity index (χ0) is 17.5. The van der Waals surface area contributed by atoms with Crippen LogP contribution in [0.25, 0.3) is 0 Å². The van der Waals surface area contributed by atoms with Crippen molar-refractivity contribution in [1.29, 1.82) is 0 Å². The van der Waals surface area contributed by atoms with Gasteiger partial charge in [0.25, 0.3) is 11.6 Å². The van der Waals surface area contributed by atoms with E-state index in [9.17, 15) is 14.9 Å². The smallest absolute Gasteiger partial charge is 0.273 e. The van der Waals surface area contributed by atoms with Crippen LogP contribution in [0, 0.1) is 10.1 Å². The van der Waals surface area contributed by atoms with Crippen LogP contribution in [0.15, 0.2) is 47.4 Å². The Morgan fingerprint density at radius 2 is 1.96 bits per heavy atom. The average Bonchev–Trinajstić information content (AvgIpc) is 2.60. The normalized spacial score (nSPS) is 10.1. The van der Waals surface area contributed by atoms with Gasteiger partial charge in [-0.3, -0.25) is 14.9 Å². The molecular weight excluding hydrogens is 332 g/mol. The lowest BCUT2D eigenvalue weighted by Gasteiger charge is -2.11. The van der Waals surface area contributed by atoms with Crippen LogP contribution in [0.4, 0.5) is 11.4 Å². The Morgan fingerprint density at radius 3 is 2.54 bits per heavy atom. The maximum absolute atomic E-state index is 12.0. The summed E-state index contributed by atoms with van der Waals surface area (Å²) < 4.78 is 10.5. The van der Waals surface area contributed by atoms with Crippen LogP contribution in [0.1, 0.15) is 0 Å². The Labute approximate surface area is 143 Å². The highest BCUT2D eigenvalue weighted by atomic mass is 32.2. The fourth-order valence-electron chi connectivity index (χ4n) is 1.90. The van der Waals surface area contributed by atoms with Gasteiger partial charge in [-0.25, -0.2) is 0 Å². The van der Waals surface area contributed by atoms with Gasteiger partial charge in [-0.05, 0) is 36.6 Å². The van der Waals surface area contributed by atoms with Crippen LogP contribution in [0.3, 0.4) is 0 Å². The van der Waals surface area contributed by atoms with Gasteiger partial charge in [-0.1, -0.05) is 0 Å². The molecule has 7 nitrogen and oxygen atoms in total. The number of carbonyl (C=O) groups excluding carboxylic acids is 1. The maximum Gasteiger partial charge on any atom is 0.273 e. The second-order valence-electron chi connectivity index (χ2n) is 4.65. The summed E-state index contributed by atoms with van der Waals surface area (Å²) in [6.07, 6.45) is 1.97. The summed E-state index contributed by atoms with van der Waals surface area (Å²) in [4.78, 5) is 23.3. The van der Waals surface area contributed by atoms with E-state index in [0.29, 0.717) is 11.4 Å². The molecule has 2 aromatic carbocycles. The Bertz CT molecular complexity index is 734. The van der Waals surface area contributed by atoms with Gasteiger partial charge in [0.2, 0.25) is 0 Å². The van der Waals surface area contributed by atoms with Crippen LogP contribution in [-0.2, 0) is 4.79 Å². The van der Waals surface area contributed by atoms with E-state index in [1.165, 1.54) is 25.3 Å². The standard InChI is InChI=1S/C16H16N2O5S/c1-22-15-9-11(18(20)21)3-8-14(15)17-16(19)10-23-12-4-6-13(24-2)7-5-12/h3-9H,10H2,1-2H3,(H,17,19). The highest BCUT2D eigenvalue weighted by Crippen LogP contribution is 2.29. The number of amides is 1. The number of carbonyl (C=O) groups is 1. The lowest BCUT2D eigenvalue weighted by atomic mass is 10.2. The average molecular weight is 348 g/mol. The van der Waals surface area contributed by atoms with E-state index >= 15 is 0 Å². The molecule has 0 aliphatic heterocycles. The molecule has 1 N–H and O–H groups in total. The molecule has 0 aliphatic rings. The fraction of sp³-hybridized carbons (Fsp3) is 0.188. The number of nitro groups is 1. The monoisotopic (exact) mass is 348 g/mol. The number of ether oxygens (including phenoxy) is 2. The summed E-state index contributed by atoms with van der Waals surface area (Å²) in [6, 6.07) is 11.3. The molecule has 2 aromatic rings. The zero-order valence-electron chi connectivity index (χ0n) is 13.1. The number of rotatable bonds is 7. The number of methoxy groups -OCH3 is 1. The van der Waals surface area contributed by atoms with Crippen LogP contribution in [0.5, 0.6) is 11.5 Å². The third-order valence-corrected chi connectivity index (χ3v) is 3.84. The Kier molecular flexibility index (Phi) is 6.02. The summed E-state index contributed by atoms with van der Waals surface area (Å²) in [7, 11) is 1.37. The van der Waals surface area contributed by atoms with Crippen molar-refractivity contribution in [1.82, 2.24) is 0 Å². The van der Waals surface area contributed by atoms with E-state index in [2.05, 4.69) is 5.32 Å². The number of benzene rings is 2. The van der Waals surface area contributed by atoms with Gasteiger partial charge in [0.1, 0.15) is 11.5 Å². The molecule has 0 fully saturated rings. The molecule has 0 heterocycles. The first-order valence-corrected chi connectivity index (χ1v) is 8.15. The van der Waals surface area contributed by atoms with E-state index in [4.69, 9.17) is 9.47 Å². The van der Waals surface area contributed by atoms with Crippen molar-refractivity contribution >= 4 is 29.0 Å². The molecule has 0 atom stereocenters. The molecule has 0 bridgehead atoms. The fourth-order valence-corrected chi connectivity index (χ4v) is 2.31. The van der Waals surface area contributed by atoms with Gasteiger partial charge < -0.3 is 14.8 Å². The van der Waals surface area contributed by atoms with Gasteiger partial charge >= 0.3 is 0 Å². The van der Waals surface area contributed by atoms with E-state index in [-0.39, 0.29) is 18.0 Å². The minimum atomic E-state index is -0.532. The number of nitrogens with zero attached hydrogens (tertiary/aromatic N) is 1. The molecule has 0 radical (unpaired) electrons. The zero-order valence-corrected chi connectivity index (χ0v) is 14.0. The second-order valence-corrected chi connectivity index (χ2v) is 5.53. The molecule has 8 heteroatoms. The maximum atomic E-state index is 12.0. The van der Waals surface area contributed by atoms with Crippen molar-refractivity contribution in [2.75, 3.05) is 25.3 Å². The third kappa shape index (κ3) is 4.63. The predicted octanol–water partition coefficient (Wildman–Crippen LogP) is 3.34. The number of hydrogen-bond donors (Lipinski definition) is 1. The van der Waals surface area contributed by atoms with E-state index in [1.807, 2.05) is 18.4 Å². The summed E-state index contributed by atoms with van der Waals surface area (Å²) in [5.41, 5.74) is 0.226. The van der Waals surface area contributed by atoms with Gasteiger partial charge in [0, 0.05) is 11.0 Å². The molecule has 0 spiro atoms. The van der Waals surface area contributed by atoms with Crippen molar-refractivity contribution in [3.05, 3.63) is 52.6 Å². The molecule has 126 valence electrons. The van der Waals surface area contributed by atoms with E-state index in [1.54, 1.807) is 23.9 Å². The minimum Gasteiger partial charge on any atom is -0.494 e. The van der Waals surface area contributed by atoms with Crippen molar-refractivity contribution in [2.24, 2.45) is 0 Å². The predicted molar refractivity (Wildman–Crippen MR) is 92.0 cm³/mol. The summed E-state index contributed by atoms with van der Waals surface area (Å²) in [5.74, 6) is 0.400. The molecule has 0 saturated heterocycles. The Morgan fingerprint density at radius 1 is 1.25 bits per heavy atom. The van der Waals surface area contributed by atoms with Crippen LogP contribution in [0.2, 0.25) is 0 Å². The first kappa shape index (κ1) is 17.6. The number of thioether (sulfide) groups is 1. The molecule has 0 aromatic heterocycles. The Hall–Kier alpha value is -2.74. The summed E-state index contributed by atoms with van der Waals surface area (Å²) in [5, 5.41) is 13.4. The van der Waals surface area contributed by atoms with Crippen molar-refractivity contribution < 1.29 is 19.2 Å². The van der Waals surface area contributed by atoms with Crippen LogP contribution < -0.4 is 14.8 Å². The minimum absolute atomic E-state index is 0.116. The van der Waals surface area contributed by atoms with Gasteiger partial charge in [0.05, 0.1) is 23.8 Å². The van der Waals surface area contributed by atoms with Gasteiger partial charge in [-0.2, -0.15) is 0 Å². The lowest BCUT2D eigenvalue weighted by molar-refractivity contribution is -0.384. The van der Waals surface area contributed by atoms with Crippen molar-refractivity contribution in [3.63, 3.8) is 0 Å². The van der Waals surface area contributed by atoms with E-state index in [0.717, 1.165) is 4.90 Å². The molecule has 1 amide bonds.